The zero-order chi connectivity index (χ0) is 14.5. The zero-order valence-corrected chi connectivity index (χ0v) is 12.3. The average Bonchev–Trinajstić information content (AvgIpc) is 2.91. The van der Waals surface area contributed by atoms with Gasteiger partial charge in [-0.2, -0.15) is 0 Å². The molecule has 0 aliphatic heterocycles. The average molecular weight is 276 g/mol. The molecular weight excluding hydrogens is 252 g/mol. The maximum absolute atomic E-state index is 12.1. The number of carbonyl (C=O) groups excluding carboxylic acids is 1. The van der Waals surface area contributed by atoms with Crippen LogP contribution in [-0.2, 0) is 4.79 Å². The van der Waals surface area contributed by atoms with Crippen LogP contribution >= 0.6 is 0 Å². The molecular formula is C16H24N2O2. The molecule has 0 saturated heterocycles. The first kappa shape index (κ1) is 14.9. The molecule has 0 spiro atoms. The van der Waals surface area contributed by atoms with E-state index < -0.39 is 6.10 Å². The Morgan fingerprint density at radius 3 is 2.70 bits per heavy atom. The number of ether oxygens (including phenoxy) is 1. The summed E-state index contributed by atoms with van der Waals surface area (Å²) in [5, 5.41) is 3.05. The van der Waals surface area contributed by atoms with Crippen molar-refractivity contribution in [1.82, 2.24) is 5.32 Å². The molecule has 0 heterocycles. The molecule has 20 heavy (non-hydrogen) atoms. The fourth-order valence-electron chi connectivity index (χ4n) is 2.52. The Hall–Kier alpha value is -1.55. The number of carbonyl (C=O) groups is 1. The van der Waals surface area contributed by atoms with Crippen LogP contribution in [0.15, 0.2) is 24.3 Å². The van der Waals surface area contributed by atoms with Crippen LogP contribution in [0.2, 0.25) is 0 Å². The van der Waals surface area contributed by atoms with Gasteiger partial charge in [-0.25, -0.2) is 0 Å². The number of benzene rings is 1. The van der Waals surface area contributed by atoms with Gasteiger partial charge in [0, 0.05) is 12.1 Å². The molecule has 2 rings (SSSR count). The third kappa shape index (κ3) is 3.97. The number of nitrogens with one attached hydrogen (secondary N) is 1. The third-order valence-electron chi connectivity index (χ3n) is 3.77. The predicted molar refractivity (Wildman–Crippen MR) is 79.5 cm³/mol. The molecule has 4 nitrogen and oxygen atoms in total. The van der Waals surface area contributed by atoms with Gasteiger partial charge >= 0.3 is 0 Å². The molecule has 3 N–H and O–H groups in total. The molecule has 1 aromatic carbocycles. The normalized spacial score (nSPS) is 18.6. The van der Waals surface area contributed by atoms with Crippen LogP contribution in [0.25, 0.3) is 0 Å². The van der Waals surface area contributed by atoms with Crippen LogP contribution in [0.5, 0.6) is 5.75 Å². The quantitative estimate of drug-likeness (QED) is 0.868. The van der Waals surface area contributed by atoms with E-state index in [1.165, 1.54) is 12.8 Å². The standard InChI is InChI=1S/C16H24N2O2/c1-11(17)13-6-5-9-15(10-13)20-12(2)16(19)18-14-7-3-4-8-14/h5-6,9-12,14H,3-4,7-8,17H2,1-2H3,(H,18,19). The van der Waals surface area contributed by atoms with Gasteiger partial charge in [0.2, 0.25) is 0 Å². The summed E-state index contributed by atoms with van der Waals surface area (Å²) in [6.07, 6.45) is 4.09. The number of amides is 1. The highest BCUT2D eigenvalue weighted by atomic mass is 16.5. The highest BCUT2D eigenvalue weighted by Gasteiger charge is 2.21. The lowest BCUT2D eigenvalue weighted by Crippen LogP contribution is -2.41. The van der Waals surface area contributed by atoms with Gasteiger partial charge in [0.1, 0.15) is 5.75 Å². The Morgan fingerprint density at radius 2 is 2.05 bits per heavy atom. The van der Waals surface area contributed by atoms with E-state index in [0.717, 1.165) is 18.4 Å². The van der Waals surface area contributed by atoms with Crippen molar-refractivity contribution in [2.24, 2.45) is 5.73 Å². The van der Waals surface area contributed by atoms with Gasteiger partial charge in [-0.1, -0.05) is 25.0 Å². The van der Waals surface area contributed by atoms with Gasteiger partial charge < -0.3 is 15.8 Å². The minimum absolute atomic E-state index is 0.0388. The van der Waals surface area contributed by atoms with Crippen molar-refractivity contribution in [2.75, 3.05) is 0 Å². The molecule has 2 unspecified atom stereocenters. The molecule has 0 radical (unpaired) electrons. The van der Waals surface area contributed by atoms with E-state index in [-0.39, 0.29) is 11.9 Å². The van der Waals surface area contributed by atoms with Crippen LogP contribution in [0.1, 0.15) is 51.1 Å². The smallest absolute Gasteiger partial charge is 0.260 e. The summed E-state index contributed by atoms with van der Waals surface area (Å²) in [7, 11) is 0. The number of hydrogen-bond acceptors (Lipinski definition) is 3. The van der Waals surface area contributed by atoms with E-state index in [1.807, 2.05) is 31.2 Å². The zero-order valence-electron chi connectivity index (χ0n) is 12.3. The summed E-state index contributed by atoms with van der Waals surface area (Å²) < 4.78 is 5.71. The highest BCUT2D eigenvalue weighted by Crippen LogP contribution is 2.20. The SMILES string of the molecule is CC(Oc1cccc(C(C)N)c1)C(=O)NC1CCCC1. The minimum atomic E-state index is -0.487. The maximum atomic E-state index is 12.1. The monoisotopic (exact) mass is 276 g/mol. The van der Waals surface area contributed by atoms with Crippen LogP contribution in [-0.4, -0.2) is 18.1 Å². The van der Waals surface area contributed by atoms with E-state index in [2.05, 4.69) is 5.32 Å². The second-order valence-corrected chi connectivity index (χ2v) is 5.61. The molecule has 1 saturated carbocycles. The van der Waals surface area contributed by atoms with Gasteiger partial charge in [-0.05, 0) is 44.4 Å². The van der Waals surface area contributed by atoms with Crippen molar-refractivity contribution in [3.05, 3.63) is 29.8 Å². The molecule has 1 aliphatic rings. The van der Waals surface area contributed by atoms with E-state index >= 15 is 0 Å². The van der Waals surface area contributed by atoms with Crippen molar-refractivity contribution in [1.29, 1.82) is 0 Å². The van der Waals surface area contributed by atoms with Crippen LogP contribution in [0.4, 0.5) is 0 Å². The number of nitrogens with two attached hydrogens (primary N) is 1. The van der Waals surface area contributed by atoms with Gasteiger partial charge in [-0.3, -0.25) is 4.79 Å². The van der Waals surface area contributed by atoms with Gasteiger partial charge in [0.25, 0.3) is 5.91 Å². The molecule has 4 heteroatoms. The lowest BCUT2D eigenvalue weighted by molar-refractivity contribution is -0.127. The van der Waals surface area contributed by atoms with Crippen LogP contribution in [0, 0.1) is 0 Å². The molecule has 1 amide bonds. The molecule has 1 fully saturated rings. The lowest BCUT2D eigenvalue weighted by Gasteiger charge is -2.18. The maximum Gasteiger partial charge on any atom is 0.260 e. The third-order valence-corrected chi connectivity index (χ3v) is 3.77. The van der Waals surface area contributed by atoms with E-state index in [1.54, 1.807) is 6.92 Å². The Morgan fingerprint density at radius 1 is 1.35 bits per heavy atom. The molecule has 1 aliphatic carbocycles. The fourth-order valence-corrected chi connectivity index (χ4v) is 2.52. The molecule has 0 aromatic heterocycles. The second-order valence-electron chi connectivity index (χ2n) is 5.61. The van der Waals surface area contributed by atoms with Crippen molar-refractivity contribution < 1.29 is 9.53 Å². The Balaban J connectivity index is 1.91. The first-order valence-corrected chi connectivity index (χ1v) is 7.39. The van der Waals surface area contributed by atoms with Crippen molar-refractivity contribution in [3.8, 4) is 5.75 Å². The summed E-state index contributed by atoms with van der Waals surface area (Å²) >= 11 is 0. The van der Waals surface area contributed by atoms with Crippen molar-refractivity contribution >= 4 is 5.91 Å². The van der Waals surface area contributed by atoms with Gasteiger partial charge in [-0.15, -0.1) is 0 Å². The first-order chi connectivity index (χ1) is 9.56. The largest absolute Gasteiger partial charge is 0.481 e. The lowest BCUT2D eigenvalue weighted by atomic mass is 10.1. The first-order valence-electron chi connectivity index (χ1n) is 7.39. The number of rotatable bonds is 5. The summed E-state index contributed by atoms with van der Waals surface area (Å²) in [4.78, 5) is 12.1. The van der Waals surface area contributed by atoms with Crippen molar-refractivity contribution in [2.45, 2.75) is 57.7 Å². The summed E-state index contributed by atoms with van der Waals surface area (Å²) in [6, 6.07) is 7.89. The summed E-state index contributed by atoms with van der Waals surface area (Å²) in [6.45, 7) is 3.71. The fraction of sp³-hybridized carbons (Fsp3) is 0.562. The molecule has 0 bridgehead atoms. The van der Waals surface area contributed by atoms with Gasteiger partial charge in [0.05, 0.1) is 0 Å². The Kier molecular flexibility index (Phi) is 5.01. The Labute approximate surface area is 120 Å². The summed E-state index contributed by atoms with van der Waals surface area (Å²) in [5.74, 6) is 0.650. The van der Waals surface area contributed by atoms with Crippen LogP contribution < -0.4 is 15.8 Å². The van der Waals surface area contributed by atoms with Crippen LogP contribution in [0.3, 0.4) is 0 Å². The van der Waals surface area contributed by atoms with Crippen molar-refractivity contribution in [3.63, 3.8) is 0 Å². The Bertz CT molecular complexity index is 454. The molecule has 110 valence electrons. The van der Waals surface area contributed by atoms with E-state index in [9.17, 15) is 4.79 Å². The number of hydrogen-bond donors (Lipinski definition) is 2. The predicted octanol–water partition coefficient (Wildman–Crippen LogP) is 2.53. The topological polar surface area (TPSA) is 64.3 Å². The minimum Gasteiger partial charge on any atom is -0.481 e. The van der Waals surface area contributed by atoms with E-state index in [4.69, 9.17) is 10.5 Å². The summed E-state index contributed by atoms with van der Waals surface area (Å²) in [5.41, 5.74) is 6.85. The molecule has 1 aromatic rings. The van der Waals surface area contributed by atoms with E-state index in [0.29, 0.717) is 11.8 Å². The highest BCUT2D eigenvalue weighted by molar-refractivity contribution is 5.81. The van der Waals surface area contributed by atoms with Gasteiger partial charge in [0.15, 0.2) is 6.10 Å². The second kappa shape index (κ2) is 6.75. The molecule has 2 atom stereocenters.